The van der Waals surface area contributed by atoms with Gasteiger partial charge in [0.25, 0.3) is 0 Å². The number of halogens is 1. The van der Waals surface area contributed by atoms with Gasteiger partial charge in [-0.3, -0.25) is 4.79 Å². The highest BCUT2D eigenvalue weighted by atomic mass is 35.5. The molecule has 3 nitrogen and oxygen atoms in total. The van der Waals surface area contributed by atoms with E-state index in [1.807, 2.05) is 24.9 Å². The molecule has 1 aliphatic rings. The van der Waals surface area contributed by atoms with Gasteiger partial charge in [0.15, 0.2) is 0 Å². The first-order valence-electron chi connectivity index (χ1n) is 5.83. The average Bonchev–Trinajstić information content (AvgIpc) is 2.66. The van der Waals surface area contributed by atoms with E-state index in [-0.39, 0.29) is 18.3 Å². The quantitative estimate of drug-likeness (QED) is 0.770. The van der Waals surface area contributed by atoms with E-state index < -0.39 is 0 Å². The molecule has 94 valence electrons. The largest absolute Gasteiger partial charge is 0.335 e. The first-order valence-corrected chi connectivity index (χ1v) is 5.83. The molecule has 16 heavy (non-hydrogen) atoms. The number of nitrogens with zero attached hydrogens (tertiary/aromatic N) is 1. The molecule has 1 saturated heterocycles. The van der Waals surface area contributed by atoms with Gasteiger partial charge >= 0.3 is 0 Å². The normalized spacial score (nSPS) is 20.8. The summed E-state index contributed by atoms with van der Waals surface area (Å²) in [4.78, 5) is 14.1. The minimum atomic E-state index is 0. The van der Waals surface area contributed by atoms with E-state index in [9.17, 15) is 4.79 Å². The van der Waals surface area contributed by atoms with Crippen molar-refractivity contribution in [1.82, 2.24) is 10.2 Å². The monoisotopic (exact) mass is 246 g/mol. The second-order valence-electron chi connectivity index (χ2n) is 4.15. The maximum Gasteiger partial charge on any atom is 0.249 e. The van der Waals surface area contributed by atoms with Crippen LogP contribution in [-0.4, -0.2) is 37.0 Å². The third-order valence-corrected chi connectivity index (χ3v) is 2.93. The van der Waals surface area contributed by atoms with Gasteiger partial charge in [0.2, 0.25) is 5.91 Å². The zero-order valence-corrected chi connectivity index (χ0v) is 11.3. The molecule has 1 heterocycles. The Balaban J connectivity index is 0.00000225. The van der Waals surface area contributed by atoms with Gasteiger partial charge < -0.3 is 10.2 Å². The highest BCUT2D eigenvalue weighted by Crippen LogP contribution is 2.19. The number of hydrogen-bond acceptors (Lipinski definition) is 2. The lowest BCUT2D eigenvalue weighted by Gasteiger charge is -2.24. The lowest BCUT2D eigenvalue weighted by molar-refractivity contribution is -0.127. The van der Waals surface area contributed by atoms with Crippen LogP contribution in [-0.2, 0) is 4.79 Å². The summed E-state index contributed by atoms with van der Waals surface area (Å²) in [7, 11) is 1.94. The number of amides is 1. The average molecular weight is 247 g/mol. The molecular formula is C12H23ClN2O. The summed E-state index contributed by atoms with van der Waals surface area (Å²) in [5.74, 6) is 0.217. The molecular weight excluding hydrogens is 224 g/mol. The summed E-state index contributed by atoms with van der Waals surface area (Å²) >= 11 is 0. The lowest BCUT2D eigenvalue weighted by Crippen LogP contribution is -2.41. The molecule has 1 N–H and O–H groups in total. The fraction of sp³-hybridized carbons (Fsp3) is 0.750. The van der Waals surface area contributed by atoms with Gasteiger partial charge in [0.1, 0.15) is 0 Å². The van der Waals surface area contributed by atoms with Crippen LogP contribution in [0.25, 0.3) is 0 Å². The van der Waals surface area contributed by atoms with E-state index in [1.54, 1.807) is 0 Å². The van der Waals surface area contributed by atoms with Crippen LogP contribution in [0.3, 0.4) is 0 Å². The van der Waals surface area contributed by atoms with Crippen molar-refractivity contribution in [2.24, 2.45) is 0 Å². The summed E-state index contributed by atoms with van der Waals surface area (Å²) in [6.45, 7) is 5.80. The van der Waals surface area contributed by atoms with E-state index in [0.717, 1.165) is 37.9 Å². The highest BCUT2D eigenvalue weighted by molar-refractivity contribution is 5.93. The number of hydrogen-bond donors (Lipinski definition) is 1. The lowest BCUT2D eigenvalue weighted by atomic mass is 10.2. The zero-order valence-electron chi connectivity index (χ0n) is 10.5. The van der Waals surface area contributed by atoms with Gasteiger partial charge in [0.05, 0.1) is 0 Å². The van der Waals surface area contributed by atoms with Crippen LogP contribution >= 0.6 is 12.4 Å². The van der Waals surface area contributed by atoms with Crippen molar-refractivity contribution >= 4 is 18.3 Å². The Kier molecular flexibility index (Phi) is 7.43. The highest BCUT2D eigenvalue weighted by Gasteiger charge is 2.28. The Bertz CT molecular complexity index is 253. The maximum atomic E-state index is 12.1. The topological polar surface area (TPSA) is 32.3 Å². The molecule has 0 aromatic carbocycles. The van der Waals surface area contributed by atoms with E-state index >= 15 is 0 Å². The van der Waals surface area contributed by atoms with Gasteiger partial charge in [-0.1, -0.05) is 13.0 Å². The third-order valence-electron chi connectivity index (χ3n) is 2.93. The molecule has 0 radical (unpaired) electrons. The number of rotatable bonds is 4. The summed E-state index contributed by atoms with van der Waals surface area (Å²) in [5, 5.41) is 3.15. The van der Waals surface area contributed by atoms with Crippen molar-refractivity contribution < 1.29 is 4.79 Å². The molecule has 1 fully saturated rings. The molecule has 0 bridgehead atoms. The Morgan fingerprint density at radius 1 is 1.56 bits per heavy atom. The molecule has 1 atom stereocenters. The Morgan fingerprint density at radius 2 is 2.25 bits per heavy atom. The molecule has 0 saturated carbocycles. The van der Waals surface area contributed by atoms with Gasteiger partial charge in [-0.05, 0) is 33.2 Å². The second-order valence-corrected chi connectivity index (χ2v) is 4.15. The molecule has 1 amide bonds. The summed E-state index contributed by atoms with van der Waals surface area (Å²) < 4.78 is 0. The SMILES string of the molecule is CC/C=C(/C)C(=O)N1CCCC1CNC.Cl. The molecule has 4 heteroatoms. The van der Waals surface area contributed by atoms with E-state index in [4.69, 9.17) is 0 Å². The first-order chi connectivity index (χ1) is 7.20. The van der Waals surface area contributed by atoms with Crippen molar-refractivity contribution in [3.63, 3.8) is 0 Å². The number of carbonyl (C=O) groups is 1. The molecule has 1 rings (SSSR count). The molecule has 0 aliphatic carbocycles. The van der Waals surface area contributed by atoms with Crippen LogP contribution in [0.5, 0.6) is 0 Å². The Morgan fingerprint density at radius 3 is 2.81 bits per heavy atom. The Hall–Kier alpha value is -0.540. The van der Waals surface area contributed by atoms with Crippen molar-refractivity contribution in [3.05, 3.63) is 11.6 Å². The summed E-state index contributed by atoms with van der Waals surface area (Å²) in [6.07, 6.45) is 5.21. The van der Waals surface area contributed by atoms with Crippen LogP contribution in [0.15, 0.2) is 11.6 Å². The van der Waals surface area contributed by atoms with Crippen LogP contribution in [0.2, 0.25) is 0 Å². The van der Waals surface area contributed by atoms with Crippen LogP contribution in [0, 0.1) is 0 Å². The van der Waals surface area contributed by atoms with Crippen molar-refractivity contribution in [1.29, 1.82) is 0 Å². The van der Waals surface area contributed by atoms with Gasteiger partial charge in [-0.25, -0.2) is 0 Å². The minimum absolute atomic E-state index is 0. The summed E-state index contributed by atoms with van der Waals surface area (Å²) in [5.41, 5.74) is 0.889. The molecule has 0 aromatic heterocycles. The Labute approximate surface area is 105 Å². The van der Waals surface area contributed by atoms with E-state index in [1.165, 1.54) is 0 Å². The number of likely N-dealkylation sites (tertiary alicyclic amines) is 1. The van der Waals surface area contributed by atoms with Crippen LogP contribution in [0.4, 0.5) is 0 Å². The van der Waals surface area contributed by atoms with Crippen LogP contribution in [0.1, 0.15) is 33.1 Å². The smallest absolute Gasteiger partial charge is 0.249 e. The van der Waals surface area contributed by atoms with Crippen molar-refractivity contribution in [3.8, 4) is 0 Å². The first kappa shape index (κ1) is 15.5. The minimum Gasteiger partial charge on any atom is -0.335 e. The predicted octanol–water partition coefficient (Wildman–Crippen LogP) is 1.97. The fourth-order valence-electron chi connectivity index (χ4n) is 2.17. The summed E-state index contributed by atoms with van der Waals surface area (Å²) in [6, 6.07) is 0.391. The maximum absolute atomic E-state index is 12.1. The molecule has 1 aliphatic heterocycles. The standard InChI is InChI=1S/C12H22N2O.ClH/c1-4-6-10(2)12(15)14-8-5-7-11(14)9-13-3;/h6,11,13H,4-5,7-9H2,1-3H3;1H/b10-6-;. The van der Waals surface area contributed by atoms with E-state index in [0.29, 0.717) is 6.04 Å². The van der Waals surface area contributed by atoms with Gasteiger partial charge in [-0.15, -0.1) is 12.4 Å². The van der Waals surface area contributed by atoms with Crippen molar-refractivity contribution in [2.75, 3.05) is 20.1 Å². The van der Waals surface area contributed by atoms with Crippen LogP contribution < -0.4 is 5.32 Å². The molecule has 1 unspecified atom stereocenters. The predicted molar refractivity (Wildman–Crippen MR) is 70.0 cm³/mol. The number of allylic oxidation sites excluding steroid dienone is 1. The zero-order chi connectivity index (χ0) is 11.3. The number of carbonyl (C=O) groups excluding carboxylic acids is 1. The third kappa shape index (κ3) is 3.80. The van der Waals surface area contributed by atoms with E-state index in [2.05, 4.69) is 12.2 Å². The second kappa shape index (κ2) is 7.69. The van der Waals surface area contributed by atoms with Gasteiger partial charge in [0, 0.05) is 24.7 Å². The van der Waals surface area contributed by atoms with Crippen molar-refractivity contribution in [2.45, 2.75) is 39.2 Å². The number of likely N-dealkylation sites (N-methyl/N-ethyl adjacent to an activating group) is 1. The fourth-order valence-corrected chi connectivity index (χ4v) is 2.17. The molecule has 0 aromatic rings. The number of nitrogens with one attached hydrogen (secondary N) is 1. The van der Waals surface area contributed by atoms with Gasteiger partial charge in [-0.2, -0.15) is 0 Å². The molecule has 0 spiro atoms.